The topological polar surface area (TPSA) is 105 Å². The van der Waals surface area contributed by atoms with Crippen molar-refractivity contribution in [3.63, 3.8) is 0 Å². The van der Waals surface area contributed by atoms with Gasteiger partial charge in [0, 0.05) is 43.2 Å². The van der Waals surface area contributed by atoms with Gasteiger partial charge in [-0.25, -0.2) is 15.5 Å². The second-order valence-electron chi connectivity index (χ2n) is 10.4. The van der Waals surface area contributed by atoms with Crippen molar-refractivity contribution in [1.29, 1.82) is 0 Å². The van der Waals surface area contributed by atoms with Gasteiger partial charge in [0.05, 0.1) is 37.5 Å². The Kier molecular flexibility index (Phi) is 11.7. The Hall–Kier alpha value is -3.95. The first-order chi connectivity index (χ1) is 20.6. The third kappa shape index (κ3) is 8.08. The van der Waals surface area contributed by atoms with E-state index in [1.54, 1.807) is 5.48 Å². The summed E-state index contributed by atoms with van der Waals surface area (Å²) in [7, 11) is 0. The number of amides is 1. The predicted molar refractivity (Wildman–Crippen MR) is 167 cm³/mol. The van der Waals surface area contributed by atoms with Crippen LogP contribution in [0.4, 0.5) is 11.4 Å². The fourth-order valence-corrected chi connectivity index (χ4v) is 4.90. The van der Waals surface area contributed by atoms with E-state index in [1.807, 2.05) is 41.6 Å². The van der Waals surface area contributed by atoms with Crippen LogP contribution in [-0.2, 0) is 16.1 Å². The average Bonchev–Trinajstić information content (AvgIpc) is 3.02. The molecule has 9 nitrogen and oxygen atoms in total. The van der Waals surface area contributed by atoms with Crippen LogP contribution in [0.5, 0.6) is 11.5 Å². The number of hydrogen-bond acceptors (Lipinski definition) is 8. The fraction of sp³-hybridized carbons (Fsp3) is 0.424. The first-order valence-corrected chi connectivity index (χ1v) is 14.8. The van der Waals surface area contributed by atoms with Gasteiger partial charge in [-0.2, -0.15) is 0 Å². The molecule has 9 heteroatoms. The smallest absolute Gasteiger partial charge is 0.243 e. The van der Waals surface area contributed by atoms with Gasteiger partial charge in [-0.15, -0.1) is 0 Å². The van der Waals surface area contributed by atoms with E-state index in [4.69, 9.17) is 29.4 Å². The summed E-state index contributed by atoms with van der Waals surface area (Å²) in [5, 5.41) is 8.68. The molecule has 42 heavy (non-hydrogen) atoms. The van der Waals surface area contributed by atoms with Crippen LogP contribution in [0.15, 0.2) is 47.4 Å². The largest absolute Gasteiger partial charge is 0.490 e. The van der Waals surface area contributed by atoms with Gasteiger partial charge < -0.3 is 19.1 Å². The molecule has 0 radical (unpaired) electrons. The van der Waals surface area contributed by atoms with Crippen LogP contribution >= 0.6 is 0 Å². The minimum atomic E-state index is -0.379. The number of amidine groups is 1. The first-order valence-electron chi connectivity index (χ1n) is 14.8. The number of ether oxygens (including phenoxy) is 3. The first kappa shape index (κ1) is 31.0. The van der Waals surface area contributed by atoms with Gasteiger partial charge >= 0.3 is 0 Å². The molecule has 0 bridgehead atoms. The van der Waals surface area contributed by atoms with Gasteiger partial charge in [0.15, 0.2) is 11.5 Å². The van der Waals surface area contributed by atoms with Crippen molar-refractivity contribution in [3.05, 3.63) is 59.7 Å². The number of nitrogens with one attached hydrogen (secondary N) is 1. The summed E-state index contributed by atoms with van der Waals surface area (Å²) >= 11 is 0. The maximum Gasteiger partial charge on any atom is 0.243 e. The minimum absolute atomic E-state index is 0.278. The molecule has 2 aromatic rings. The maximum atomic E-state index is 11.3. The third-order valence-corrected chi connectivity index (χ3v) is 7.22. The summed E-state index contributed by atoms with van der Waals surface area (Å²) in [5.74, 6) is 1.68. The van der Waals surface area contributed by atoms with E-state index in [-0.39, 0.29) is 12.3 Å². The number of unbranched alkanes of at least 4 members (excludes halogenated alkanes) is 4. The lowest BCUT2D eigenvalue weighted by Crippen LogP contribution is -2.34. The second kappa shape index (κ2) is 15.9. The van der Waals surface area contributed by atoms with Crippen LogP contribution in [0.3, 0.4) is 0 Å². The molecule has 0 fully saturated rings. The highest BCUT2D eigenvalue weighted by Crippen LogP contribution is 2.41. The Morgan fingerprint density at radius 1 is 0.952 bits per heavy atom. The second-order valence-corrected chi connectivity index (χ2v) is 10.4. The van der Waals surface area contributed by atoms with E-state index in [0.717, 1.165) is 71.8 Å². The summed E-state index contributed by atoms with van der Waals surface area (Å²) in [6.45, 7) is 13.1. The molecule has 0 saturated heterocycles. The maximum absolute atomic E-state index is 11.3. The van der Waals surface area contributed by atoms with E-state index < -0.39 is 0 Å². The number of carbonyl (C=O) groups excluding carboxylic acids is 1. The lowest BCUT2D eigenvalue weighted by atomic mass is 9.98. The van der Waals surface area contributed by atoms with Crippen LogP contribution < -0.4 is 15.0 Å². The van der Waals surface area contributed by atoms with E-state index in [0.29, 0.717) is 44.3 Å². The van der Waals surface area contributed by atoms with E-state index in [1.165, 1.54) is 12.8 Å². The summed E-state index contributed by atoms with van der Waals surface area (Å²) in [6, 6.07) is 7.99. The zero-order chi connectivity index (χ0) is 29.7. The number of fused-ring (bicyclic) bond motifs is 4. The Morgan fingerprint density at radius 2 is 1.71 bits per heavy atom. The van der Waals surface area contributed by atoms with Crippen LogP contribution in [0.25, 0.3) is 12.2 Å². The predicted octanol–water partition coefficient (Wildman–Crippen LogP) is 6.96. The third-order valence-electron chi connectivity index (χ3n) is 7.22. The standard InChI is InChI=1S/C33H42N4O5/c1-4-7-10-14-40-15-12-17-42-31-21-28-26(20-30(31)41-16-11-8-9-13-32(38)36-39)33-35-29-19-24(5-2)18-25(6-3)27(29)22-37(33)23-34-28/h5-6,18-21,23,39H,2-4,7-17,22H2,1H3,(H,36,38). The Labute approximate surface area is 248 Å². The monoisotopic (exact) mass is 574 g/mol. The minimum Gasteiger partial charge on any atom is -0.490 e. The zero-order valence-corrected chi connectivity index (χ0v) is 24.6. The molecule has 2 N–H and O–H groups in total. The van der Waals surface area contributed by atoms with E-state index >= 15 is 0 Å². The van der Waals surface area contributed by atoms with Gasteiger partial charge in [0.25, 0.3) is 0 Å². The molecule has 1 amide bonds. The van der Waals surface area contributed by atoms with Crippen molar-refractivity contribution >= 4 is 41.6 Å². The zero-order valence-electron chi connectivity index (χ0n) is 24.6. The molecule has 2 heterocycles. The Bertz CT molecular complexity index is 1320. The van der Waals surface area contributed by atoms with Gasteiger partial charge in [-0.05, 0) is 55.0 Å². The molecule has 2 aromatic carbocycles. The molecule has 224 valence electrons. The Balaban J connectivity index is 1.52. The van der Waals surface area contributed by atoms with Crippen molar-refractivity contribution in [2.75, 3.05) is 26.4 Å². The van der Waals surface area contributed by atoms with Crippen molar-refractivity contribution in [1.82, 2.24) is 10.4 Å². The highest BCUT2D eigenvalue weighted by Gasteiger charge is 2.28. The lowest BCUT2D eigenvalue weighted by Gasteiger charge is -2.31. The number of carbonyl (C=O) groups is 1. The van der Waals surface area contributed by atoms with Crippen LogP contribution in [0.1, 0.15) is 80.5 Å². The van der Waals surface area contributed by atoms with Crippen LogP contribution in [-0.4, -0.2) is 54.6 Å². The van der Waals surface area contributed by atoms with Gasteiger partial charge in [-0.1, -0.05) is 45.1 Å². The van der Waals surface area contributed by atoms with Crippen molar-refractivity contribution in [2.24, 2.45) is 9.98 Å². The number of rotatable bonds is 18. The van der Waals surface area contributed by atoms with Crippen molar-refractivity contribution < 1.29 is 24.2 Å². The number of nitrogens with zero attached hydrogens (tertiary/aromatic N) is 3. The number of aliphatic imine (C=N–C) groups is 2. The van der Waals surface area contributed by atoms with E-state index in [2.05, 4.69) is 26.1 Å². The number of hydroxylamine groups is 1. The van der Waals surface area contributed by atoms with Crippen molar-refractivity contribution in [3.8, 4) is 11.5 Å². The molecule has 2 aliphatic heterocycles. The van der Waals surface area contributed by atoms with Crippen LogP contribution in [0.2, 0.25) is 0 Å². The van der Waals surface area contributed by atoms with Crippen LogP contribution in [0, 0.1) is 0 Å². The SMILES string of the molecule is C=Cc1cc(C=C)c2c(c1)N=C1c3cc(OCCCCCC(=O)NO)c(OCCCOCCCCC)cc3N=CN1C2. The lowest BCUT2D eigenvalue weighted by molar-refractivity contribution is -0.129. The number of benzene rings is 2. The molecule has 0 unspecified atom stereocenters. The van der Waals surface area contributed by atoms with E-state index in [9.17, 15) is 4.79 Å². The quantitative estimate of drug-likeness (QED) is 0.113. The average molecular weight is 575 g/mol. The highest BCUT2D eigenvalue weighted by molar-refractivity contribution is 6.13. The Morgan fingerprint density at radius 3 is 2.48 bits per heavy atom. The highest BCUT2D eigenvalue weighted by atomic mass is 16.5. The number of hydrogen-bond donors (Lipinski definition) is 2. The molecular formula is C33H42N4O5. The molecule has 0 aromatic heterocycles. The molecule has 0 aliphatic carbocycles. The molecule has 2 aliphatic rings. The van der Waals surface area contributed by atoms with Crippen molar-refractivity contribution in [2.45, 2.75) is 64.8 Å². The van der Waals surface area contributed by atoms with Gasteiger partial charge in [0.1, 0.15) is 5.84 Å². The summed E-state index contributed by atoms with van der Waals surface area (Å²) in [4.78, 5) is 23.1. The summed E-state index contributed by atoms with van der Waals surface area (Å²) in [5.41, 5.74) is 7.31. The fourth-order valence-electron chi connectivity index (χ4n) is 4.90. The molecular weight excluding hydrogens is 532 g/mol. The molecule has 0 atom stereocenters. The van der Waals surface area contributed by atoms with Gasteiger partial charge in [-0.3, -0.25) is 10.0 Å². The summed E-state index contributed by atoms with van der Waals surface area (Å²) in [6.07, 6.45) is 12.2. The molecule has 0 saturated carbocycles. The normalized spacial score (nSPS) is 13.0. The molecule has 4 rings (SSSR count). The summed E-state index contributed by atoms with van der Waals surface area (Å²) < 4.78 is 18.1. The van der Waals surface area contributed by atoms with Gasteiger partial charge in [0.2, 0.25) is 5.91 Å². The molecule has 0 spiro atoms.